The predicted octanol–water partition coefficient (Wildman–Crippen LogP) is 4.36. The Hall–Kier alpha value is -2.43. The van der Waals surface area contributed by atoms with Crippen molar-refractivity contribution in [3.05, 3.63) is 46.9 Å². The monoisotopic (exact) mass is 368 g/mol. The van der Waals surface area contributed by atoms with E-state index in [2.05, 4.69) is 16.0 Å². The summed E-state index contributed by atoms with van der Waals surface area (Å²) in [4.78, 5) is 20.1. The number of rotatable bonds is 4. The van der Waals surface area contributed by atoms with Crippen LogP contribution in [0.15, 0.2) is 24.4 Å². The van der Waals surface area contributed by atoms with Crippen LogP contribution in [0.4, 0.5) is 0 Å². The molecule has 0 unspecified atom stereocenters. The van der Waals surface area contributed by atoms with E-state index in [1.165, 1.54) is 30.5 Å². The van der Waals surface area contributed by atoms with E-state index in [9.17, 15) is 4.79 Å². The lowest BCUT2D eigenvalue weighted by Gasteiger charge is -2.16. The number of hydrogen-bond acceptors (Lipinski definition) is 5. The maximum absolute atomic E-state index is 11.5. The van der Waals surface area contributed by atoms with Crippen LogP contribution in [-0.2, 0) is 19.3 Å². The minimum atomic E-state index is 0.146. The van der Waals surface area contributed by atoms with Gasteiger partial charge in [0.05, 0.1) is 13.2 Å². The third-order valence-electron chi connectivity index (χ3n) is 4.85. The van der Waals surface area contributed by atoms with Crippen molar-refractivity contribution in [3.63, 3.8) is 0 Å². The maximum Gasteiger partial charge on any atom is 0.213 e. The zero-order valence-electron chi connectivity index (χ0n) is 16.3. The highest BCUT2D eigenvalue weighted by atomic mass is 16.5. The molecule has 5 nitrogen and oxygen atoms in total. The lowest BCUT2D eigenvalue weighted by Crippen LogP contribution is -2.14. The molecule has 0 radical (unpaired) electrons. The average Bonchev–Trinajstić information content (AvgIpc) is 2.70. The van der Waals surface area contributed by atoms with Gasteiger partial charge in [-0.05, 0) is 64.0 Å². The Morgan fingerprint density at radius 1 is 0.926 bits per heavy atom. The van der Waals surface area contributed by atoms with Gasteiger partial charge in [-0.3, -0.25) is 9.78 Å². The Kier molecular flexibility index (Phi) is 6.80. The third kappa shape index (κ3) is 4.85. The van der Waals surface area contributed by atoms with Gasteiger partial charge < -0.3 is 9.47 Å². The third-order valence-corrected chi connectivity index (χ3v) is 4.85. The van der Waals surface area contributed by atoms with E-state index in [4.69, 9.17) is 9.47 Å². The van der Waals surface area contributed by atoms with Crippen LogP contribution in [0, 0.1) is 0 Å². The van der Waals surface area contributed by atoms with Gasteiger partial charge >= 0.3 is 0 Å². The second-order valence-electron chi connectivity index (χ2n) is 6.74. The number of pyridine rings is 2. The molecule has 2 aliphatic carbocycles. The molecule has 0 fully saturated rings. The number of Topliss-reactive ketones (excluding diaryl/α,β-unsaturated/α-hetero) is 1. The smallest absolute Gasteiger partial charge is 0.213 e. The molecule has 0 saturated heterocycles. The molecule has 5 heteroatoms. The molecular formula is C22H28N2O3. The summed E-state index contributed by atoms with van der Waals surface area (Å²) in [6, 6.07) is 5.97. The van der Waals surface area contributed by atoms with E-state index >= 15 is 0 Å². The predicted molar refractivity (Wildman–Crippen MR) is 105 cm³/mol. The van der Waals surface area contributed by atoms with Crippen molar-refractivity contribution in [2.45, 2.75) is 58.8 Å². The van der Waals surface area contributed by atoms with Gasteiger partial charge in [-0.2, -0.15) is 0 Å². The zero-order valence-corrected chi connectivity index (χ0v) is 16.3. The molecule has 27 heavy (non-hydrogen) atoms. The number of carbonyl (C=O) groups is 1. The van der Waals surface area contributed by atoms with Crippen LogP contribution in [0.2, 0.25) is 0 Å². The summed E-state index contributed by atoms with van der Waals surface area (Å²) < 4.78 is 10.8. The molecule has 144 valence electrons. The van der Waals surface area contributed by atoms with Crippen LogP contribution < -0.4 is 9.47 Å². The SMILES string of the molecule is CCOc1ccc2c(n1)CCCC2.CCOc1ccnc2c1CCCC2=O. The van der Waals surface area contributed by atoms with Crippen molar-refractivity contribution in [2.75, 3.05) is 13.2 Å². The second kappa shape index (κ2) is 9.49. The number of nitrogens with zero attached hydrogens (tertiary/aromatic N) is 2. The molecule has 2 aliphatic rings. The van der Waals surface area contributed by atoms with Crippen molar-refractivity contribution in [1.82, 2.24) is 9.97 Å². The standard InChI is InChI=1S/C11H13NO2.C11H15NO/c1-2-14-10-6-7-12-11-8(10)4-3-5-9(11)13;1-2-13-11-8-7-9-5-3-4-6-10(9)12-11/h6-7H,2-5H2,1H3;7-8H,2-6H2,1H3. The molecule has 4 rings (SSSR count). The number of carbonyl (C=O) groups excluding carboxylic acids is 1. The number of aryl methyl sites for hydroxylation is 2. The molecule has 0 atom stereocenters. The fraction of sp³-hybridized carbons (Fsp3) is 0.500. The van der Waals surface area contributed by atoms with Crippen LogP contribution >= 0.6 is 0 Å². The van der Waals surface area contributed by atoms with E-state index in [1.807, 2.05) is 26.0 Å². The Morgan fingerprint density at radius 3 is 2.56 bits per heavy atom. The number of fused-ring (bicyclic) bond motifs is 2. The van der Waals surface area contributed by atoms with Crippen molar-refractivity contribution >= 4 is 5.78 Å². The normalized spacial score (nSPS) is 15.1. The van der Waals surface area contributed by atoms with Crippen LogP contribution in [0.25, 0.3) is 0 Å². The Balaban J connectivity index is 0.000000156. The Morgan fingerprint density at radius 2 is 1.74 bits per heavy atom. The molecule has 0 aliphatic heterocycles. The largest absolute Gasteiger partial charge is 0.493 e. The van der Waals surface area contributed by atoms with Gasteiger partial charge in [0, 0.05) is 29.9 Å². The first-order valence-electron chi connectivity index (χ1n) is 9.98. The van der Waals surface area contributed by atoms with E-state index in [0.717, 1.165) is 36.5 Å². The summed E-state index contributed by atoms with van der Waals surface area (Å²) in [7, 11) is 0. The highest BCUT2D eigenvalue weighted by molar-refractivity contribution is 5.97. The Labute approximate surface area is 161 Å². The van der Waals surface area contributed by atoms with E-state index < -0.39 is 0 Å². The second-order valence-corrected chi connectivity index (χ2v) is 6.74. The first-order valence-corrected chi connectivity index (χ1v) is 9.98. The molecule has 0 saturated carbocycles. The highest BCUT2D eigenvalue weighted by Gasteiger charge is 2.21. The summed E-state index contributed by atoms with van der Waals surface area (Å²) >= 11 is 0. The average molecular weight is 368 g/mol. The van der Waals surface area contributed by atoms with E-state index in [1.54, 1.807) is 6.20 Å². The Bertz CT molecular complexity index is 789. The quantitative estimate of drug-likeness (QED) is 0.802. The highest BCUT2D eigenvalue weighted by Crippen LogP contribution is 2.27. The van der Waals surface area contributed by atoms with Crippen molar-refractivity contribution in [3.8, 4) is 11.6 Å². The minimum Gasteiger partial charge on any atom is -0.493 e. The summed E-state index contributed by atoms with van der Waals surface area (Å²) in [5.74, 6) is 1.75. The van der Waals surface area contributed by atoms with Gasteiger partial charge in [0.25, 0.3) is 0 Å². The van der Waals surface area contributed by atoms with Gasteiger partial charge in [0.15, 0.2) is 5.78 Å². The molecule has 0 bridgehead atoms. The first kappa shape index (κ1) is 19.3. The summed E-state index contributed by atoms with van der Waals surface area (Å²) in [5.41, 5.74) is 4.26. The lowest BCUT2D eigenvalue weighted by atomic mass is 9.94. The van der Waals surface area contributed by atoms with Crippen LogP contribution in [0.1, 0.15) is 66.8 Å². The molecule has 0 aromatic carbocycles. The van der Waals surface area contributed by atoms with Gasteiger partial charge in [-0.1, -0.05) is 6.07 Å². The van der Waals surface area contributed by atoms with Gasteiger partial charge in [0.2, 0.25) is 5.88 Å². The van der Waals surface area contributed by atoms with E-state index in [-0.39, 0.29) is 5.78 Å². The van der Waals surface area contributed by atoms with Gasteiger partial charge in [-0.25, -0.2) is 4.98 Å². The van der Waals surface area contributed by atoms with Gasteiger partial charge in [0.1, 0.15) is 11.4 Å². The lowest BCUT2D eigenvalue weighted by molar-refractivity contribution is 0.0966. The van der Waals surface area contributed by atoms with Crippen LogP contribution in [0.5, 0.6) is 11.6 Å². The molecule has 0 spiro atoms. The zero-order chi connectivity index (χ0) is 19.1. The minimum absolute atomic E-state index is 0.146. The summed E-state index contributed by atoms with van der Waals surface area (Å²) in [6.45, 7) is 5.26. The van der Waals surface area contributed by atoms with Crippen LogP contribution in [0.3, 0.4) is 0 Å². The maximum atomic E-state index is 11.5. The number of ether oxygens (including phenoxy) is 2. The fourth-order valence-corrected chi connectivity index (χ4v) is 3.58. The molecule has 0 N–H and O–H groups in total. The van der Waals surface area contributed by atoms with Crippen molar-refractivity contribution in [2.24, 2.45) is 0 Å². The van der Waals surface area contributed by atoms with Crippen LogP contribution in [-0.4, -0.2) is 29.0 Å². The number of hydrogen-bond donors (Lipinski definition) is 0. The molecule has 0 amide bonds. The first-order chi connectivity index (χ1) is 13.2. The van der Waals surface area contributed by atoms with Gasteiger partial charge in [-0.15, -0.1) is 0 Å². The molecule has 2 heterocycles. The topological polar surface area (TPSA) is 61.3 Å². The van der Waals surface area contributed by atoms with E-state index in [0.29, 0.717) is 25.3 Å². The summed E-state index contributed by atoms with van der Waals surface area (Å²) in [5, 5.41) is 0. The number of ketones is 1. The molecular weight excluding hydrogens is 340 g/mol. The van der Waals surface area contributed by atoms with Crippen molar-refractivity contribution < 1.29 is 14.3 Å². The molecule has 2 aromatic rings. The fourth-order valence-electron chi connectivity index (χ4n) is 3.58. The summed E-state index contributed by atoms with van der Waals surface area (Å²) in [6.07, 6.45) is 8.98. The van der Waals surface area contributed by atoms with Crippen molar-refractivity contribution in [1.29, 1.82) is 0 Å². The molecule has 2 aromatic heterocycles. The number of aromatic nitrogens is 2.